The van der Waals surface area contributed by atoms with Gasteiger partial charge in [-0.3, -0.25) is 15.6 Å². The molecule has 7 heteroatoms. The van der Waals surface area contributed by atoms with Gasteiger partial charge in [-0.05, 0) is 43.0 Å². The highest BCUT2D eigenvalue weighted by Gasteiger charge is 2.15. The summed E-state index contributed by atoms with van der Waals surface area (Å²) < 4.78 is 10.7. The lowest BCUT2D eigenvalue weighted by Gasteiger charge is -2.17. The number of methoxy groups -OCH3 is 1. The molecule has 1 atom stereocenters. The molecular formula is C18H24N4O3. The van der Waals surface area contributed by atoms with Gasteiger partial charge in [0.15, 0.2) is 6.10 Å². The van der Waals surface area contributed by atoms with Crippen molar-refractivity contribution in [1.29, 1.82) is 0 Å². The van der Waals surface area contributed by atoms with Crippen molar-refractivity contribution >= 4 is 11.9 Å². The molecule has 0 aliphatic heterocycles. The fourth-order valence-corrected chi connectivity index (χ4v) is 2.36. The summed E-state index contributed by atoms with van der Waals surface area (Å²) in [6.07, 6.45) is 0.849. The third-order valence-electron chi connectivity index (χ3n) is 3.68. The summed E-state index contributed by atoms with van der Waals surface area (Å²) in [4.78, 5) is 20.2. The zero-order valence-electron chi connectivity index (χ0n) is 15.2. The van der Waals surface area contributed by atoms with E-state index in [1.54, 1.807) is 13.0 Å². The first-order valence-electron chi connectivity index (χ1n) is 8.10. The minimum atomic E-state index is -0.678. The molecule has 1 unspecified atom stereocenters. The zero-order chi connectivity index (χ0) is 18.4. The summed E-state index contributed by atoms with van der Waals surface area (Å²) >= 11 is 0. The van der Waals surface area contributed by atoms with Crippen molar-refractivity contribution in [2.75, 3.05) is 12.5 Å². The Morgan fingerprint density at radius 3 is 2.60 bits per heavy atom. The van der Waals surface area contributed by atoms with Crippen LogP contribution in [0.2, 0.25) is 0 Å². The molecule has 0 bridgehead atoms. The van der Waals surface area contributed by atoms with E-state index in [0.29, 0.717) is 17.5 Å². The van der Waals surface area contributed by atoms with Crippen LogP contribution in [0.3, 0.4) is 0 Å². The summed E-state index contributed by atoms with van der Waals surface area (Å²) in [7, 11) is 1.51. The van der Waals surface area contributed by atoms with E-state index in [0.717, 1.165) is 5.56 Å². The van der Waals surface area contributed by atoms with Gasteiger partial charge in [-0.2, -0.15) is 4.98 Å². The maximum Gasteiger partial charge on any atom is 0.279 e. The molecule has 0 fully saturated rings. The van der Waals surface area contributed by atoms with Crippen molar-refractivity contribution in [2.45, 2.75) is 39.7 Å². The number of aromatic nitrogens is 2. The molecule has 1 aromatic heterocycles. The largest absolute Gasteiger partial charge is 0.481 e. The van der Waals surface area contributed by atoms with Gasteiger partial charge in [0.05, 0.1) is 7.11 Å². The topological polar surface area (TPSA) is 85.4 Å². The lowest BCUT2D eigenvalue weighted by atomic mass is 9.98. The number of amides is 1. The molecule has 0 aliphatic carbocycles. The van der Waals surface area contributed by atoms with Crippen LogP contribution in [0.1, 0.15) is 37.8 Å². The number of carbonyl (C=O) groups is 1. The lowest BCUT2D eigenvalue weighted by molar-refractivity contribution is -0.126. The molecule has 2 rings (SSSR count). The van der Waals surface area contributed by atoms with Gasteiger partial charge in [-0.1, -0.05) is 19.9 Å². The number of rotatable bonds is 7. The van der Waals surface area contributed by atoms with Crippen LogP contribution >= 0.6 is 0 Å². The van der Waals surface area contributed by atoms with E-state index in [9.17, 15) is 4.79 Å². The number of aryl methyl sites for hydroxylation is 1. The number of hydrogen-bond donors (Lipinski definition) is 2. The third kappa shape index (κ3) is 5.07. The summed E-state index contributed by atoms with van der Waals surface area (Å²) in [6, 6.07) is 7.46. The fraction of sp³-hybridized carbons (Fsp3) is 0.389. The van der Waals surface area contributed by atoms with Gasteiger partial charge >= 0.3 is 0 Å². The Morgan fingerprint density at radius 2 is 1.96 bits per heavy atom. The Labute approximate surface area is 147 Å². The van der Waals surface area contributed by atoms with Crippen LogP contribution in [-0.2, 0) is 4.79 Å². The molecule has 0 radical (unpaired) electrons. The molecule has 25 heavy (non-hydrogen) atoms. The first-order chi connectivity index (χ1) is 11.9. The van der Waals surface area contributed by atoms with Gasteiger partial charge in [0, 0.05) is 12.3 Å². The molecule has 0 spiro atoms. The number of anilines is 1. The average molecular weight is 344 g/mol. The highest BCUT2D eigenvalue weighted by molar-refractivity contribution is 5.81. The number of carbonyl (C=O) groups excluding carboxylic acids is 1. The molecular weight excluding hydrogens is 320 g/mol. The second-order valence-corrected chi connectivity index (χ2v) is 5.97. The summed E-state index contributed by atoms with van der Waals surface area (Å²) in [6.45, 7) is 8.00. The highest BCUT2D eigenvalue weighted by atomic mass is 16.5. The van der Waals surface area contributed by atoms with Gasteiger partial charge < -0.3 is 9.47 Å². The molecule has 7 nitrogen and oxygen atoms in total. The maximum atomic E-state index is 12.1. The van der Waals surface area contributed by atoms with E-state index in [4.69, 9.17) is 9.47 Å². The van der Waals surface area contributed by atoms with Crippen LogP contribution < -0.4 is 20.3 Å². The predicted molar refractivity (Wildman–Crippen MR) is 95.7 cm³/mol. The summed E-state index contributed by atoms with van der Waals surface area (Å²) in [5.74, 6) is 1.40. The normalized spacial score (nSPS) is 11.8. The Bertz CT molecular complexity index is 734. The summed E-state index contributed by atoms with van der Waals surface area (Å²) in [5.41, 5.74) is 7.57. The minimum absolute atomic E-state index is 0.233. The second kappa shape index (κ2) is 8.32. The molecule has 1 aromatic carbocycles. The van der Waals surface area contributed by atoms with Crippen molar-refractivity contribution in [3.63, 3.8) is 0 Å². The Morgan fingerprint density at radius 1 is 1.20 bits per heavy atom. The van der Waals surface area contributed by atoms with E-state index < -0.39 is 6.10 Å². The zero-order valence-corrected chi connectivity index (χ0v) is 15.2. The number of hydrogen-bond acceptors (Lipinski definition) is 6. The van der Waals surface area contributed by atoms with E-state index in [1.165, 1.54) is 18.9 Å². The summed E-state index contributed by atoms with van der Waals surface area (Å²) in [5, 5.41) is 0. The number of nitrogens with zero attached hydrogens (tertiary/aromatic N) is 2. The van der Waals surface area contributed by atoms with E-state index in [1.807, 2.05) is 25.1 Å². The molecule has 2 aromatic rings. The average Bonchev–Trinajstić information content (AvgIpc) is 2.59. The molecule has 2 N–H and O–H groups in total. The van der Waals surface area contributed by atoms with Gasteiger partial charge in [0.25, 0.3) is 5.91 Å². The molecule has 0 saturated heterocycles. The Hall–Kier alpha value is -2.83. The lowest BCUT2D eigenvalue weighted by Crippen LogP contribution is -2.40. The van der Waals surface area contributed by atoms with E-state index in [-0.39, 0.29) is 11.9 Å². The Kier molecular flexibility index (Phi) is 6.16. The van der Waals surface area contributed by atoms with Gasteiger partial charge in [-0.25, -0.2) is 4.98 Å². The van der Waals surface area contributed by atoms with Crippen molar-refractivity contribution in [3.8, 4) is 11.6 Å². The van der Waals surface area contributed by atoms with Crippen molar-refractivity contribution in [1.82, 2.24) is 15.4 Å². The minimum Gasteiger partial charge on any atom is -0.481 e. The molecule has 0 saturated carbocycles. The van der Waals surface area contributed by atoms with Crippen LogP contribution in [0.25, 0.3) is 0 Å². The second-order valence-electron chi connectivity index (χ2n) is 5.97. The number of nitrogens with one attached hydrogen (secondary N) is 2. The van der Waals surface area contributed by atoms with E-state index in [2.05, 4.69) is 34.7 Å². The smallest absolute Gasteiger partial charge is 0.279 e. The molecule has 134 valence electrons. The fourth-order valence-electron chi connectivity index (χ4n) is 2.36. The van der Waals surface area contributed by atoms with Gasteiger partial charge in [0.2, 0.25) is 11.8 Å². The Balaban J connectivity index is 1.92. The van der Waals surface area contributed by atoms with Crippen LogP contribution in [0, 0.1) is 6.92 Å². The predicted octanol–water partition coefficient (Wildman–Crippen LogP) is 2.83. The standard InChI is InChI=1S/C18H24N4O3/c1-11(2)15-7-6-14(10-12(15)3)25-13(4)17(23)21-22-18-19-9-8-16(20-18)24-5/h6-11,13H,1-5H3,(H,21,23)(H,19,20,22). The van der Waals surface area contributed by atoms with Crippen molar-refractivity contribution < 1.29 is 14.3 Å². The first-order valence-corrected chi connectivity index (χ1v) is 8.10. The van der Waals surface area contributed by atoms with Gasteiger partial charge in [0.1, 0.15) is 5.75 Å². The first kappa shape index (κ1) is 18.5. The van der Waals surface area contributed by atoms with Crippen LogP contribution in [0.5, 0.6) is 11.6 Å². The highest BCUT2D eigenvalue weighted by Crippen LogP contribution is 2.24. The van der Waals surface area contributed by atoms with Crippen LogP contribution in [0.15, 0.2) is 30.5 Å². The third-order valence-corrected chi connectivity index (χ3v) is 3.68. The molecule has 0 aliphatic rings. The number of hydrazine groups is 1. The molecule has 1 amide bonds. The number of benzene rings is 1. The SMILES string of the molecule is COc1ccnc(NNC(=O)C(C)Oc2ccc(C(C)C)c(C)c2)n1. The monoisotopic (exact) mass is 344 g/mol. The number of ether oxygens (including phenoxy) is 2. The van der Waals surface area contributed by atoms with Crippen LogP contribution in [0.4, 0.5) is 5.95 Å². The van der Waals surface area contributed by atoms with E-state index >= 15 is 0 Å². The van der Waals surface area contributed by atoms with Crippen molar-refractivity contribution in [3.05, 3.63) is 41.6 Å². The van der Waals surface area contributed by atoms with Crippen LogP contribution in [-0.4, -0.2) is 29.1 Å². The quantitative estimate of drug-likeness (QED) is 0.751. The van der Waals surface area contributed by atoms with Crippen molar-refractivity contribution in [2.24, 2.45) is 0 Å². The maximum absolute atomic E-state index is 12.1. The van der Waals surface area contributed by atoms with Gasteiger partial charge in [-0.15, -0.1) is 0 Å². The molecule has 1 heterocycles.